The fourth-order valence-electron chi connectivity index (χ4n) is 4.89. The van der Waals surface area contributed by atoms with Crippen molar-refractivity contribution < 1.29 is 9.13 Å². The van der Waals surface area contributed by atoms with Crippen molar-refractivity contribution in [2.24, 2.45) is 0 Å². The van der Waals surface area contributed by atoms with Gasteiger partial charge in [0.15, 0.2) is 0 Å². The van der Waals surface area contributed by atoms with E-state index < -0.39 is 0 Å². The minimum absolute atomic E-state index is 0.00324. The minimum atomic E-state index is -0.358. The number of fused-ring (bicyclic) bond motifs is 1. The van der Waals surface area contributed by atoms with E-state index in [1.54, 1.807) is 12.1 Å². The van der Waals surface area contributed by atoms with Crippen LogP contribution in [-0.4, -0.2) is 26.4 Å². The molecule has 2 aromatic carbocycles. The molecule has 2 unspecified atom stereocenters. The predicted molar refractivity (Wildman–Crippen MR) is 131 cm³/mol. The van der Waals surface area contributed by atoms with E-state index in [0.717, 1.165) is 46.4 Å². The topological polar surface area (TPSA) is 52.8 Å². The molecular formula is C27H26ClFN4O. The van der Waals surface area contributed by atoms with Gasteiger partial charge in [-0.2, -0.15) is 5.10 Å². The van der Waals surface area contributed by atoms with Gasteiger partial charge in [-0.3, -0.25) is 4.68 Å². The van der Waals surface area contributed by atoms with E-state index in [0.29, 0.717) is 28.8 Å². The summed E-state index contributed by atoms with van der Waals surface area (Å²) in [4.78, 5) is 9.61. The number of ether oxygens (including phenoxy) is 1. The fraction of sp³-hybridized carbons (Fsp3) is 0.370. The normalized spacial score (nSPS) is 20.7. The van der Waals surface area contributed by atoms with Gasteiger partial charge in [0.05, 0.1) is 40.8 Å². The molecule has 0 N–H and O–H groups in total. The summed E-state index contributed by atoms with van der Waals surface area (Å²) in [5, 5.41) is 4.92. The predicted octanol–water partition coefficient (Wildman–Crippen LogP) is 6.87. The van der Waals surface area contributed by atoms with Gasteiger partial charge in [-0.05, 0) is 81.3 Å². The first-order valence-corrected chi connectivity index (χ1v) is 12.2. The molecule has 2 fully saturated rings. The van der Waals surface area contributed by atoms with E-state index in [2.05, 4.69) is 28.1 Å². The summed E-state index contributed by atoms with van der Waals surface area (Å²) in [6.45, 7) is 4.56. The number of aryl methyl sites for hydroxylation is 2. The highest BCUT2D eigenvalue weighted by Crippen LogP contribution is 2.42. The van der Waals surface area contributed by atoms with Crippen LogP contribution < -0.4 is 0 Å². The molecule has 2 aromatic heterocycles. The summed E-state index contributed by atoms with van der Waals surface area (Å²) < 4.78 is 23.2. The zero-order valence-electron chi connectivity index (χ0n) is 19.3. The maximum Gasteiger partial charge on any atom is 0.132 e. The summed E-state index contributed by atoms with van der Waals surface area (Å²) in [6.07, 6.45) is 8.24. The Morgan fingerprint density at radius 1 is 1.00 bits per heavy atom. The van der Waals surface area contributed by atoms with Crippen molar-refractivity contribution in [2.45, 2.75) is 57.6 Å². The van der Waals surface area contributed by atoms with E-state index in [9.17, 15) is 0 Å². The van der Waals surface area contributed by atoms with Crippen LogP contribution >= 0.6 is 11.6 Å². The molecule has 0 radical (unpaired) electrons. The molecule has 7 heteroatoms. The molecule has 6 rings (SSSR count). The molecule has 0 bridgehead atoms. The fourth-order valence-corrected chi connectivity index (χ4v) is 5.05. The van der Waals surface area contributed by atoms with Crippen LogP contribution in [0.5, 0.6) is 0 Å². The quantitative estimate of drug-likeness (QED) is 0.322. The molecule has 174 valence electrons. The van der Waals surface area contributed by atoms with Gasteiger partial charge >= 0.3 is 0 Å². The number of nitrogens with zero attached hydrogens (tertiary/aromatic N) is 4. The van der Waals surface area contributed by atoms with Crippen LogP contribution in [0.1, 0.15) is 66.3 Å². The number of aromatic nitrogens is 4. The minimum Gasteiger partial charge on any atom is -0.373 e. The summed E-state index contributed by atoms with van der Waals surface area (Å²) in [6, 6.07) is 9.55. The molecule has 5 nitrogen and oxygen atoms in total. The molecule has 1 saturated heterocycles. The molecule has 0 spiro atoms. The van der Waals surface area contributed by atoms with Crippen LogP contribution in [0.2, 0.25) is 5.02 Å². The van der Waals surface area contributed by atoms with Crippen LogP contribution in [0, 0.1) is 19.7 Å². The van der Waals surface area contributed by atoms with E-state index in [-0.39, 0.29) is 17.8 Å². The van der Waals surface area contributed by atoms with Crippen LogP contribution in [0.3, 0.4) is 0 Å². The van der Waals surface area contributed by atoms with Gasteiger partial charge in [0, 0.05) is 34.5 Å². The summed E-state index contributed by atoms with van der Waals surface area (Å²) in [7, 11) is 0. The Kier molecular flexibility index (Phi) is 5.38. The van der Waals surface area contributed by atoms with Crippen molar-refractivity contribution in [2.75, 3.05) is 6.61 Å². The summed E-state index contributed by atoms with van der Waals surface area (Å²) >= 11 is 6.03. The maximum atomic E-state index is 15.0. The second-order valence-electron chi connectivity index (χ2n) is 9.52. The van der Waals surface area contributed by atoms with Crippen LogP contribution in [-0.2, 0) is 4.74 Å². The lowest BCUT2D eigenvalue weighted by molar-refractivity contribution is 0.00523. The Balaban J connectivity index is 1.41. The number of hydrogen-bond donors (Lipinski definition) is 0. The average Bonchev–Trinajstić information content (AvgIpc) is 3.56. The standard InChI is InChI=1S/C27H26ClFN4O/c1-15-16(2)32-27-23(22-6-3-20(28)12-24(22)29)9-18(10-25(27)31-15)17-7-8-34-26(11-17)19-13-30-33(14-19)21-4-5-21/h3,6,9-10,12-14,17,21,26H,4-5,7-8,11H2,1-2H3. The summed E-state index contributed by atoms with van der Waals surface area (Å²) in [5.74, 6) is -0.0896. The lowest BCUT2D eigenvalue weighted by Crippen LogP contribution is -2.18. The number of benzene rings is 2. The van der Waals surface area contributed by atoms with Gasteiger partial charge in [0.2, 0.25) is 0 Å². The molecule has 0 amide bonds. The highest BCUT2D eigenvalue weighted by atomic mass is 35.5. The molecule has 3 heterocycles. The van der Waals surface area contributed by atoms with E-state index >= 15 is 4.39 Å². The Morgan fingerprint density at radius 3 is 2.62 bits per heavy atom. The molecule has 1 aliphatic heterocycles. The molecule has 1 aliphatic carbocycles. The molecular weight excluding hydrogens is 451 g/mol. The van der Waals surface area contributed by atoms with E-state index in [4.69, 9.17) is 26.3 Å². The SMILES string of the molecule is Cc1nc2cc(C3CCOC(c4cnn(C5CC5)c4)C3)cc(-c3ccc(Cl)cc3F)c2nc1C. The van der Waals surface area contributed by atoms with E-state index in [1.807, 2.05) is 20.0 Å². The third kappa shape index (κ3) is 3.99. The third-order valence-electron chi connectivity index (χ3n) is 7.09. The van der Waals surface area contributed by atoms with Gasteiger partial charge < -0.3 is 4.74 Å². The Labute approximate surface area is 202 Å². The second kappa shape index (κ2) is 8.43. The van der Waals surface area contributed by atoms with Crippen molar-refractivity contribution in [1.29, 1.82) is 0 Å². The third-order valence-corrected chi connectivity index (χ3v) is 7.33. The Bertz CT molecular complexity index is 1400. The van der Waals surface area contributed by atoms with Crippen molar-refractivity contribution in [3.05, 3.63) is 76.1 Å². The lowest BCUT2D eigenvalue weighted by atomic mass is 9.85. The van der Waals surface area contributed by atoms with Crippen LogP contribution in [0.15, 0.2) is 42.7 Å². The number of hydrogen-bond acceptors (Lipinski definition) is 4. The Hall–Kier alpha value is -2.83. The van der Waals surface area contributed by atoms with Crippen molar-refractivity contribution in [1.82, 2.24) is 19.7 Å². The van der Waals surface area contributed by atoms with E-state index in [1.165, 1.54) is 18.9 Å². The van der Waals surface area contributed by atoms with Crippen LogP contribution in [0.25, 0.3) is 22.2 Å². The molecule has 2 aliphatic rings. The van der Waals surface area contributed by atoms with Crippen molar-refractivity contribution in [3.63, 3.8) is 0 Å². The Morgan fingerprint density at radius 2 is 1.82 bits per heavy atom. The maximum absolute atomic E-state index is 15.0. The van der Waals surface area contributed by atoms with Crippen molar-refractivity contribution in [3.8, 4) is 11.1 Å². The van der Waals surface area contributed by atoms with Crippen LogP contribution in [0.4, 0.5) is 4.39 Å². The van der Waals surface area contributed by atoms with Crippen molar-refractivity contribution >= 4 is 22.6 Å². The second-order valence-corrected chi connectivity index (χ2v) is 9.96. The molecule has 2 atom stereocenters. The molecule has 1 saturated carbocycles. The van der Waals surface area contributed by atoms with Gasteiger partial charge in [-0.15, -0.1) is 0 Å². The monoisotopic (exact) mass is 476 g/mol. The van der Waals surface area contributed by atoms with Gasteiger partial charge in [-0.1, -0.05) is 11.6 Å². The molecule has 34 heavy (non-hydrogen) atoms. The average molecular weight is 477 g/mol. The first-order valence-electron chi connectivity index (χ1n) is 11.9. The highest BCUT2D eigenvalue weighted by molar-refractivity contribution is 6.30. The largest absolute Gasteiger partial charge is 0.373 e. The highest BCUT2D eigenvalue weighted by Gasteiger charge is 2.30. The summed E-state index contributed by atoms with van der Waals surface area (Å²) in [5.41, 5.74) is 6.73. The van der Waals surface area contributed by atoms with Gasteiger partial charge in [0.25, 0.3) is 0 Å². The van der Waals surface area contributed by atoms with Gasteiger partial charge in [0.1, 0.15) is 5.82 Å². The number of rotatable bonds is 4. The first kappa shape index (κ1) is 21.7. The molecule has 4 aromatic rings. The smallest absolute Gasteiger partial charge is 0.132 e. The zero-order chi connectivity index (χ0) is 23.4. The number of halogens is 2. The lowest BCUT2D eigenvalue weighted by Gasteiger charge is -2.30. The van der Waals surface area contributed by atoms with Gasteiger partial charge in [-0.25, -0.2) is 14.4 Å². The zero-order valence-corrected chi connectivity index (χ0v) is 20.0. The first-order chi connectivity index (χ1) is 16.5.